The maximum atomic E-state index is 5.47. The molecule has 0 amide bonds. The molecule has 0 atom stereocenters. The summed E-state index contributed by atoms with van der Waals surface area (Å²) in [4.78, 5) is 4.46. The highest BCUT2D eigenvalue weighted by atomic mass is 79.9. The van der Waals surface area contributed by atoms with Crippen LogP contribution in [0.2, 0.25) is 0 Å². The van der Waals surface area contributed by atoms with Gasteiger partial charge in [-0.1, -0.05) is 39.9 Å². The standard InChI is InChI=1S/C14H13BrN2OS2/c15-11-3-5-12(6-4-11)17-9-16(10-20-14(17)19)8-13-2-1-7-18-13/h1-7H,8-10H2. The fourth-order valence-electron chi connectivity index (χ4n) is 2.05. The van der Waals surface area contributed by atoms with E-state index in [-0.39, 0.29) is 0 Å². The number of thiocarbonyl (C=S) groups is 1. The van der Waals surface area contributed by atoms with Crippen LogP contribution in [-0.2, 0) is 6.54 Å². The van der Waals surface area contributed by atoms with Crippen LogP contribution < -0.4 is 4.90 Å². The molecule has 6 heteroatoms. The number of hydrogen-bond acceptors (Lipinski definition) is 4. The van der Waals surface area contributed by atoms with E-state index in [1.54, 1.807) is 18.0 Å². The van der Waals surface area contributed by atoms with Crippen molar-refractivity contribution in [3.05, 3.63) is 52.9 Å². The molecule has 0 saturated carbocycles. The van der Waals surface area contributed by atoms with E-state index in [1.807, 2.05) is 24.3 Å². The van der Waals surface area contributed by atoms with Gasteiger partial charge in [0, 0.05) is 10.2 Å². The zero-order valence-electron chi connectivity index (χ0n) is 10.7. The average molecular weight is 369 g/mol. The van der Waals surface area contributed by atoms with Gasteiger partial charge in [0.2, 0.25) is 0 Å². The van der Waals surface area contributed by atoms with Crippen molar-refractivity contribution >= 4 is 49.9 Å². The molecule has 3 nitrogen and oxygen atoms in total. The number of hydrogen-bond donors (Lipinski definition) is 0. The van der Waals surface area contributed by atoms with Gasteiger partial charge in [-0.25, -0.2) is 0 Å². The highest BCUT2D eigenvalue weighted by Crippen LogP contribution is 2.27. The van der Waals surface area contributed by atoms with E-state index in [9.17, 15) is 0 Å². The van der Waals surface area contributed by atoms with Crippen LogP contribution in [-0.4, -0.2) is 21.8 Å². The van der Waals surface area contributed by atoms with Crippen LogP contribution in [0.3, 0.4) is 0 Å². The lowest BCUT2D eigenvalue weighted by atomic mass is 10.3. The van der Waals surface area contributed by atoms with E-state index in [0.29, 0.717) is 0 Å². The van der Waals surface area contributed by atoms with Gasteiger partial charge in [0.1, 0.15) is 10.1 Å². The number of nitrogens with zero attached hydrogens (tertiary/aromatic N) is 2. The zero-order valence-corrected chi connectivity index (χ0v) is 13.9. The number of anilines is 1. The van der Waals surface area contributed by atoms with Crippen molar-refractivity contribution in [1.29, 1.82) is 0 Å². The van der Waals surface area contributed by atoms with Gasteiger partial charge in [-0.05, 0) is 36.4 Å². The van der Waals surface area contributed by atoms with Gasteiger partial charge in [0.15, 0.2) is 0 Å². The van der Waals surface area contributed by atoms with E-state index in [1.165, 1.54) is 0 Å². The molecule has 0 N–H and O–H groups in total. The lowest BCUT2D eigenvalue weighted by Gasteiger charge is -2.36. The summed E-state index contributed by atoms with van der Waals surface area (Å²) in [6.45, 7) is 1.59. The summed E-state index contributed by atoms with van der Waals surface area (Å²) in [5.74, 6) is 1.88. The predicted molar refractivity (Wildman–Crippen MR) is 90.8 cm³/mol. The molecule has 1 aliphatic rings. The molecule has 20 heavy (non-hydrogen) atoms. The Balaban J connectivity index is 1.73. The molecule has 1 aromatic heterocycles. The maximum absolute atomic E-state index is 5.47. The number of benzene rings is 1. The number of halogens is 1. The lowest BCUT2D eigenvalue weighted by molar-refractivity contribution is 0.290. The van der Waals surface area contributed by atoms with E-state index in [4.69, 9.17) is 16.6 Å². The first kappa shape index (κ1) is 14.1. The van der Waals surface area contributed by atoms with E-state index < -0.39 is 0 Å². The van der Waals surface area contributed by atoms with Gasteiger partial charge < -0.3 is 9.32 Å². The minimum atomic E-state index is 0.786. The summed E-state index contributed by atoms with van der Waals surface area (Å²) < 4.78 is 7.40. The van der Waals surface area contributed by atoms with Gasteiger partial charge in [-0.15, -0.1) is 0 Å². The Labute approximate surface area is 136 Å². The Hall–Kier alpha value is -0.820. The fourth-order valence-corrected chi connectivity index (χ4v) is 3.42. The third kappa shape index (κ3) is 3.25. The molecule has 2 heterocycles. The molecule has 0 unspecified atom stereocenters. The molecular formula is C14H13BrN2OS2. The third-order valence-electron chi connectivity index (χ3n) is 3.03. The normalized spacial score (nSPS) is 16.6. The van der Waals surface area contributed by atoms with Crippen LogP contribution in [0.15, 0.2) is 51.6 Å². The van der Waals surface area contributed by atoms with Crippen molar-refractivity contribution in [2.75, 3.05) is 17.4 Å². The molecule has 0 radical (unpaired) electrons. The molecule has 0 bridgehead atoms. The fraction of sp³-hybridized carbons (Fsp3) is 0.214. The molecule has 3 rings (SSSR count). The molecule has 1 aromatic carbocycles. The van der Waals surface area contributed by atoms with Crippen LogP contribution in [0.5, 0.6) is 0 Å². The number of furan rings is 1. The molecule has 0 aliphatic carbocycles. The van der Waals surface area contributed by atoms with Crippen LogP contribution in [0, 0.1) is 0 Å². The van der Waals surface area contributed by atoms with Crippen molar-refractivity contribution < 1.29 is 4.42 Å². The highest BCUT2D eigenvalue weighted by molar-refractivity contribution is 9.10. The molecule has 1 saturated heterocycles. The molecule has 0 spiro atoms. The first-order chi connectivity index (χ1) is 9.72. The van der Waals surface area contributed by atoms with E-state index in [0.717, 1.165) is 39.3 Å². The topological polar surface area (TPSA) is 19.6 Å². The number of rotatable bonds is 3. The smallest absolute Gasteiger partial charge is 0.143 e. The van der Waals surface area contributed by atoms with Crippen molar-refractivity contribution in [2.45, 2.75) is 6.54 Å². The largest absolute Gasteiger partial charge is 0.468 e. The highest BCUT2D eigenvalue weighted by Gasteiger charge is 2.23. The Kier molecular flexibility index (Phi) is 4.45. The lowest BCUT2D eigenvalue weighted by Crippen LogP contribution is -2.44. The van der Waals surface area contributed by atoms with Crippen molar-refractivity contribution in [3.8, 4) is 0 Å². The first-order valence-electron chi connectivity index (χ1n) is 6.17. The van der Waals surface area contributed by atoms with E-state index >= 15 is 0 Å². The third-order valence-corrected chi connectivity index (χ3v) is 5.09. The predicted octanol–water partition coefficient (Wildman–Crippen LogP) is 4.30. The van der Waals surface area contributed by atoms with Crippen LogP contribution in [0.4, 0.5) is 5.69 Å². The van der Waals surface area contributed by atoms with Gasteiger partial charge in [-0.3, -0.25) is 4.90 Å². The van der Waals surface area contributed by atoms with Crippen LogP contribution in [0.25, 0.3) is 0 Å². The molecule has 104 valence electrons. The van der Waals surface area contributed by atoms with E-state index in [2.05, 4.69) is 37.9 Å². The SMILES string of the molecule is S=C1SCN(Cc2ccco2)CN1c1ccc(Br)cc1. The van der Waals surface area contributed by atoms with Crippen LogP contribution >= 0.6 is 39.9 Å². The second-order valence-corrected chi connectivity index (χ2v) is 6.99. The van der Waals surface area contributed by atoms with Crippen molar-refractivity contribution in [2.24, 2.45) is 0 Å². The number of thioether (sulfide) groups is 1. The Morgan fingerprint density at radius 2 is 2.05 bits per heavy atom. The summed E-state index contributed by atoms with van der Waals surface area (Å²) in [6, 6.07) is 12.1. The zero-order chi connectivity index (χ0) is 13.9. The summed E-state index contributed by atoms with van der Waals surface area (Å²) >= 11 is 10.6. The van der Waals surface area contributed by atoms with Gasteiger partial charge in [0.25, 0.3) is 0 Å². The minimum absolute atomic E-state index is 0.786. The molecule has 1 fully saturated rings. The second kappa shape index (κ2) is 6.30. The quantitative estimate of drug-likeness (QED) is 0.750. The van der Waals surface area contributed by atoms with Gasteiger partial charge >= 0.3 is 0 Å². The summed E-state index contributed by atoms with van der Waals surface area (Å²) in [5.41, 5.74) is 1.12. The van der Waals surface area contributed by atoms with Gasteiger partial charge in [0.05, 0.1) is 25.4 Å². The summed E-state index contributed by atoms with van der Waals surface area (Å²) in [7, 11) is 0. The molecule has 1 aliphatic heterocycles. The Bertz CT molecular complexity index is 586. The monoisotopic (exact) mass is 368 g/mol. The first-order valence-corrected chi connectivity index (χ1v) is 8.35. The second-order valence-electron chi connectivity index (χ2n) is 4.49. The minimum Gasteiger partial charge on any atom is -0.468 e. The maximum Gasteiger partial charge on any atom is 0.143 e. The molecular weight excluding hydrogens is 356 g/mol. The summed E-state index contributed by atoms with van der Waals surface area (Å²) in [5, 5.41) is 0. The van der Waals surface area contributed by atoms with Crippen molar-refractivity contribution in [3.63, 3.8) is 0 Å². The summed E-state index contributed by atoms with van der Waals surface area (Å²) in [6.07, 6.45) is 1.71. The Morgan fingerprint density at radius 3 is 2.75 bits per heavy atom. The molecule has 2 aromatic rings. The van der Waals surface area contributed by atoms with Gasteiger partial charge in [-0.2, -0.15) is 0 Å². The van der Waals surface area contributed by atoms with Crippen LogP contribution in [0.1, 0.15) is 5.76 Å². The average Bonchev–Trinajstić information content (AvgIpc) is 2.95. The van der Waals surface area contributed by atoms with Crippen molar-refractivity contribution in [1.82, 2.24) is 4.90 Å². The Morgan fingerprint density at radius 1 is 1.25 bits per heavy atom.